The van der Waals surface area contributed by atoms with Gasteiger partial charge < -0.3 is 15.3 Å². The number of amides is 1. The fourth-order valence-electron chi connectivity index (χ4n) is 5.49. The summed E-state index contributed by atoms with van der Waals surface area (Å²) >= 11 is 1.43. The van der Waals surface area contributed by atoms with Gasteiger partial charge in [-0.05, 0) is 83.1 Å². The maximum Gasteiger partial charge on any atom is 0.253 e. The van der Waals surface area contributed by atoms with Crippen LogP contribution >= 0.6 is 11.3 Å². The molecule has 9 heteroatoms. The Morgan fingerprint density at radius 3 is 2.41 bits per heavy atom. The van der Waals surface area contributed by atoms with Gasteiger partial charge in [0.25, 0.3) is 5.91 Å². The van der Waals surface area contributed by atoms with E-state index in [1.165, 1.54) is 33.9 Å². The van der Waals surface area contributed by atoms with Crippen molar-refractivity contribution >= 4 is 17.2 Å². The summed E-state index contributed by atoms with van der Waals surface area (Å²) in [6, 6.07) is 25.2. The third kappa shape index (κ3) is 8.09. The second kappa shape index (κ2) is 15.0. The predicted molar refractivity (Wildman–Crippen MR) is 177 cm³/mol. The lowest BCUT2D eigenvalue weighted by Gasteiger charge is -2.33. The van der Waals surface area contributed by atoms with Gasteiger partial charge in [0.2, 0.25) is 0 Å². The summed E-state index contributed by atoms with van der Waals surface area (Å²) in [5.74, 6) is -1.84. The van der Waals surface area contributed by atoms with Gasteiger partial charge in [-0.15, -0.1) is 11.3 Å². The van der Waals surface area contributed by atoms with Crippen molar-refractivity contribution in [3.8, 4) is 27.8 Å². The average Bonchev–Trinajstić information content (AvgIpc) is 3.61. The molecule has 0 saturated carbocycles. The Morgan fingerprint density at radius 1 is 0.957 bits per heavy atom. The zero-order chi connectivity index (χ0) is 32.6. The van der Waals surface area contributed by atoms with Crippen LogP contribution in [0.5, 0.6) is 0 Å². The molecule has 1 aromatic heterocycles. The number of carbonyl (C=O) groups excluding carboxylic acids is 1. The van der Waals surface area contributed by atoms with E-state index in [2.05, 4.69) is 35.4 Å². The molecule has 1 heterocycles. The molecule has 1 amide bonds. The SMILES string of the molecule is CCc1cccc(CNC[C@@H](O)[C@H](Cc2cc(F)cc(F)c2)N(C)C(=O)c2cc(-c3cccc(C#N)c3)cc(-c3nccs3)c2)c1. The molecule has 5 rings (SSSR count). The summed E-state index contributed by atoms with van der Waals surface area (Å²) in [6.45, 7) is 2.73. The van der Waals surface area contributed by atoms with Crippen molar-refractivity contribution in [2.45, 2.75) is 38.5 Å². The summed E-state index contributed by atoms with van der Waals surface area (Å²) in [4.78, 5) is 20.0. The molecule has 0 aliphatic heterocycles. The second-order valence-corrected chi connectivity index (χ2v) is 12.1. The van der Waals surface area contributed by atoms with Crippen molar-refractivity contribution in [1.82, 2.24) is 15.2 Å². The van der Waals surface area contributed by atoms with Crippen molar-refractivity contribution in [3.63, 3.8) is 0 Å². The monoisotopic (exact) mass is 636 g/mol. The summed E-state index contributed by atoms with van der Waals surface area (Å²) in [7, 11) is 1.59. The maximum absolute atomic E-state index is 14.2. The molecule has 2 N–H and O–H groups in total. The van der Waals surface area contributed by atoms with Gasteiger partial charge in [0.1, 0.15) is 16.6 Å². The van der Waals surface area contributed by atoms with Crippen LogP contribution in [-0.4, -0.2) is 46.6 Å². The zero-order valence-corrected chi connectivity index (χ0v) is 26.4. The van der Waals surface area contributed by atoms with Gasteiger partial charge in [-0.1, -0.05) is 43.3 Å². The molecule has 0 unspecified atom stereocenters. The van der Waals surface area contributed by atoms with Crippen LogP contribution in [0.15, 0.2) is 96.5 Å². The van der Waals surface area contributed by atoms with Gasteiger partial charge in [-0.3, -0.25) is 4.79 Å². The van der Waals surface area contributed by atoms with E-state index in [1.807, 2.05) is 29.6 Å². The number of halogens is 2. The fourth-order valence-corrected chi connectivity index (χ4v) is 6.12. The number of thiazole rings is 1. The number of nitrogens with one attached hydrogen (secondary N) is 1. The van der Waals surface area contributed by atoms with E-state index in [0.717, 1.165) is 39.7 Å². The highest BCUT2D eigenvalue weighted by atomic mass is 32.1. The number of aromatic nitrogens is 1. The molecule has 0 saturated heterocycles. The van der Waals surface area contributed by atoms with Crippen LogP contribution < -0.4 is 5.32 Å². The van der Waals surface area contributed by atoms with E-state index in [9.17, 15) is 23.9 Å². The average molecular weight is 637 g/mol. The Kier molecular flexibility index (Phi) is 10.7. The number of aliphatic hydroxyl groups is 1. The van der Waals surface area contributed by atoms with Crippen LogP contribution in [-0.2, 0) is 19.4 Å². The lowest BCUT2D eigenvalue weighted by Crippen LogP contribution is -2.49. The molecule has 2 atom stereocenters. The fraction of sp³-hybridized carbons (Fsp3) is 0.216. The molecule has 46 heavy (non-hydrogen) atoms. The van der Waals surface area contributed by atoms with Gasteiger partial charge in [0.05, 0.1) is 23.8 Å². The number of aryl methyl sites for hydroxylation is 1. The van der Waals surface area contributed by atoms with Gasteiger partial charge in [0, 0.05) is 48.9 Å². The molecule has 0 fully saturated rings. The molecule has 0 bridgehead atoms. The first kappa shape index (κ1) is 32.6. The molecule has 0 radical (unpaired) electrons. The number of aliphatic hydroxyl groups excluding tert-OH is 1. The lowest BCUT2D eigenvalue weighted by atomic mass is 9.96. The Bertz CT molecular complexity index is 1830. The number of benzene rings is 4. The third-order valence-corrected chi connectivity index (χ3v) is 8.72. The molecule has 234 valence electrons. The quantitative estimate of drug-likeness (QED) is 0.154. The van der Waals surface area contributed by atoms with Gasteiger partial charge in [-0.2, -0.15) is 5.26 Å². The van der Waals surface area contributed by atoms with Gasteiger partial charge in [0.15, 0.2) is 0 Å². The lowest BCUT2D eigenvalue weighted by molar-refractivity contribution is 0.0440. The highest BCUT2D eigenvalue weighted by molar-refractivity contribution is 7.13. The summed E-state index contributed by atoms with van der Waals surface area (Å²) in [6.07, 6.45) is 1.55. The number of likely N-dealkylation sites (N-methyl/N-ethyl adjacent to an activating group) is 1. The molecule has 5 aromatic rings. The minimum absolute atomic E-state index is 0.0222. The first-order valence-electron chi connectivity index (χ1n) is 15.0. The highest BCUT2D eigenvalue weighted by Crippen LogP contribution is 2.31. The van der Waals surface area contributed by atoms with Crippen LogP contribution in [0.4, 0.5) is 8.78 Å². The maximum atomic E-state index is 14.2. The van der Waals surface area contributed by atoms with Crippen molar-refractivity contribution < 1.29 is 18.7 Å². The van der Waals surface area contributed by atoms with E-state index < -0.39 is 23.8 Å². The Balaban J connectivity index is 1.46. The normalized spacial score (nSPS) is 12.3. The standard InChI is InChI=1S/C37H34F2N4O2S/c1-3-24-6-4-8-26(12-24)22-41-23-35(44)34(16-27-14-32(38)20-33(39)15-27)43(2)37(45)31-18-29(28-9-5-7-25(13-28)21-40)17-30(19-31)36-42-10-11-46-36/h4-15,17-20,34-35,41,44H,3,16,22-23H2,1-2H3/t34-,35+/m0/s1. The third-order valence-electron chi connectivity index (χ3n) is 7.90. The number of hydrogen-bond acceptors (Lipinski definition) is 6. The van der Waals surface area contributed by atoms with E-state index >= 15 is 0 Å². The molecule has 0 aliphatic carbocycles. The summed E-state index contributed by atoms with van der Waals surface area (Å²) in [5.41, 5.74) is 5.64. The summed E-state index contributed by atoms with van der Waals surface area (Å²) in [5, 5.41) is 26.8. The minimum Gasteiger partial charge on any atom is -0.390 e. The number of rotatable bonds is 12. The Labute approximate surface area is 271 Å². The van der Waals surface area contributed by atoms with Crippen LogP contribution in [0, 0.1) is 23.0 Å². The van der Waals surface area contributed by atoms with Crippen LogP contribution in [0.25, 0.3) is 21.7 Å². The Morgan fingerprint density at radius 2 is 1.70 bits per heavy atom. The van der Waals surface area contributed by atoms with Crippen LogP contribution in [0.1, 0.15) is 39.5 Å². The number of nitrogens with zero attached hydrogens (tertiary/aromatic N) is 3. The zero-order valence-electron chi connectivity index (χ0n) is 25.6. The van der Waals surface area contributed by atoms with Crippen molar-refractivity contribution in [2.24, 2.45) is 0 Å². The van der Waals surface area contributed by atoms with E-state index in [-0.39, 0.29) is 18.9 Å². The van der Waals surface area contributed by atoms with Gasteiger partial charge in [-0.25, -0.2) is 13.8 Å². The highest BCUT2D eigenvalue weighted by Gasteiger charge is 2.29. The van der Waals surface area contributed by atoms with Crippen molar-refractivity contribution in [1.29, 1.82) is 5.26 Å². The smallest absolute Gasteiger partial charge is 0.253 e. The molecule has 6 nitrogen and oxygen atoms in total. The largest absolute Gasteiger partial charge is 0.390 e. The van der Waals surface area contributed by atoms with Gasteiger partial charge >= 0.3 is 0 Å². The van der Waals surface area contributed by atoms with E-state index in [0.29, 0.717) is 23.2 Å². The number of carbonyl (C=O) groups is 1. The first-order chi connectivity index (χ1) is 22.2. The minimum atomic E-state index is -1.07. The topological polar surface area (TPSA) is 89.2 Å². The molecule has 0 aliphatic rings. The van der Waals surface area contributed by atoms with E-state index in [4.69, 9.17) is 0 Å². The number of hydrogen-bond donors (Lipinski definition) is 2. The Hall–Kier alpha value is -4.75. The van der Waals surface area contributed by atoms with Crippen LogP contribution in [0.3, 0.4) is 0 Å². The number of nitriles is 1. The molecular weight excluding hydrogens is 602 g/mol. The first-order valence-corrected chi connectivity index (χ1v) is 15.9. The molecule has 0 spiro atoms. The molecular formula is C37H34F2N4O2S. The summed E-state index contributed by atoms with van der Waals surface area (Å²) < 4.78 is 28.3. The van der Waals surface area contributed by atoms with Crippen molar-refractivity contribution in [2.75, 3.05) is 13.6 Å². The van der Waals surface area contributed by atoms with Crippen LogP contribution in [0.2, 0.25) is 0 Å². The second-order valence-electron chi connectivity index (χ2n) is 11.2. The predicted octanol–water partition coefficient (Wildman–Crippen LogP) is 7.02. The van der Waals surface area contributed by atoms with Crippen molar-refractivity contribution in [3.05, 3.63) is 136 Å². The van der Waals surface area contributed by atoms with E-state index in [1.54, 1.807) is 43.6 Å². The molecule has 4 aromatic carbocycles.